The molecule has 0 saturated carbocycles. The minimum absolute atomic E-state index is 0.0524. The van der Waals surface area contributed by atoms with Gasteiger partial charge in [0.15, 0.2) is 5.82 Å². The average molecular weight is 442 g/mol. The fraction of sp³-hybridized carbons (Fsp3) is 0.583. The highest BCUT2D eigenvalue weighted by Crippen LogP contribution is 2.31. The van der Waals surface area contributed by atoms with Gasteiger partial charge in [-0.25, -0.2) is 9.97 Å². The molecule has 8 nitrogen and oxygen atoms in total. The lowest BCUT2D eigenvalue weighted by molar-refractivity contribution is -0.121. The number of likely N-dealkylation sites (N-methyl/N-ethyl adjacent to an activating group) is 1. The molecule has 8 heteroatoms. The normalized spacial score (nSPS) is 15.1. The van der Waals surface area contributed by atoms with E-state index < -0.39 is 5.60 Å². The third kappa shape index (κ3) is 6.16. The Morgan fingerprint density at radius 2 is 2.00 bits per heavy atom. The van der Waals surface area contributed by atoms with Crippen molar-refractivity contribution in [2.24, 2.45) is 0 Å². The molecular weight excluding hydrogens is 406 g/mol. The van der Waals surface area contributed by atoms with Gasteiger partial charge in [-0.2, -0.15) is 0 Å². The van der Waals surface area contributed by atoms with E-state index in [1.807, 2.05) is 39.6 Å². The minimum atomic E-state index is -0.892. The van der Waals surface area contributed by atoms with Crippen LogP contribution >= 0.6 is 0 Å². The molecular formula is C24H35N5O3. The first kappa shape index (κ1) is 23.9. The lowest BCUT2D eigenvalue weighted by Crippen LogP contribution is -2.45. The second-order valence-corrected chi connectivity index (χ2v) is 9.82. The number of aromatic nitrogens is 3. The Balaban J connectivity index is 1.86. The van der Waals surface area contributed by atoms with Gasteiger partial charge in [0, 0.05) is 36.1 Å². The molecule has 1 atom stereocenters. The molecule has 0 radical (unpaired) electrons. The van der Waals surface area contributed by atoms with Crippen molar-refractivity contribution in [3.05, 3.63) is 29.6 Å². The average Bonchev–Trinajstić information content (AvgIpc) is 3.19. The van der Waals surface area contributed by atoms with Crippen LogP contribution < -0.4 is 15.0 Å². The number of pyridine rings is 1. The van der Waals surface area contributed by atoms with Crippen molar-refractivity contribution < 1.29 is 14.6 Å². The highest BCUT2D eigenvalue weighted by atomic mass is 16.5. The van der Waals surface area contributed by atoms with Crippen LogP contribution in [0, 0.1) is 0 Å². The predicted molar refractivity (Wildman–Crippen MR) is 125 cm³/mol. The third-order valence-corrected chi connectivity index (χ3v) is 5.44. The molecule has 0 bridgehead atoms. The van der Waals surface area contributed by atoms with Gasteiger partial charge in [0.2, 0.25) is 5.91 Å². The Hall–Kier alpha value is -2.74. The lowest BCUT2D eigenvalue weighted by atomic mass is 10.1. The van der Waals surface area contributed by atoms with Gasteiger partial charge in [0.1, 0.15) is 23.9 Å². The summed E-state index contributed by atoms with van der Waals surface area (Å²) in [5, 5.41) is 13.2. The third-order valence-electron chi connectivity index (χ3n) is 5.44. The molecule has 1 aliphatic carbocycles. The molecule has 174 valence electrons. The first-order valence-corrected chi connectivity index (χ1v) is 11.2. The van der Waals surface area contributed by atoms with Crippen molar-refractivity contribution >= 4 is 11.7 Å². The van der Waals surface area contributed by atoms with Crippen LogP contribution in [0.5, 0.6) is 5.75 Å². The number of amides is 1. The predicted octanol–water partition coefficient (Wildman–Crippen LogP) is 2.92. The number of nitrogens with one attached hydrogen (secondary N) is 1. The second-order valence-electron chi connectivity index (χ2n) is 9.82. The Morgan fingerprint density at radius 1 is 1.25 bits per heavy atom. The highest BCUT2D eigenvalue weighted by Gasteiger charge is 2.25. The minimum Gasteiger partial charge on any atom is -0.490 e. The standard InChI is InChI=1S/C24H35N5O3/c1-7-24(5,31)15-32-16-11-12-25-19(13-16)21-26-18-10-8-9-17(18)22(27-21)29(6)14-20(30)28-23(2,3)4/h11-13,31H,7-10,14-15H2,1-6H3,(H,28,30)/t24-/m1/s1. The Labute approximate surface area is 190 Å². The zero-order valence-electron chi connectivity index (χ0n) is 20.0. The number of anilines is 1. The Kier molecular flexibility index (Phi) is 7.03. The number of carbonyl (C=O) groups excluding carboxylic acids is 1. The van der Waals surface area contributed by atoms with Crippen LogP contribution in [0.25, 0.3) is 11.5 Å². The van der Waals surface area contributed by atoms with Crippen molar-refractivity contribution in [2.75, 3.05) is 25.1 Å². The quantitative estimate of drug-likeness (QED) is 0.650. The number of hydrogen-bond donors (Lipinski definition) is 2. The van der Waals surface area contributed by atoms with E-state index >= 15 is 0 Å². The molecule has 2 N–H and O–H groups in total. The number of hydrogen-bond acceptors (Lipinski definition) is 7. The van der Waals surface area contributed by atoms with E-state index in [0.717, 1.165) is 36.3 Å². The molecule has 0 fully saturated rings. The van der Waals surface area contributed by atoms with Crippen LogP contribution in [0.1, 0.15) is 58.7 Å². The van der Waals surface area contributed by atoms with Crippen LogP contribution in [-0.2, 0) is 17.6 Å². The molecule has 1 aliphatic rings. The van der Waals surface area contributed by atoms with Crippen molar-refractivity contribution in [1.29, 1.82) is 0 Å². The molecule has 3 rings (SSSR count). The smallest absolute Gasteiger partial charge is 0.239 e. The van der Waals surface area contributed by atoms with Gasteiger partial charge >= 0.3 is 0 Å². The van der Waals surface area contributed by atoms with Gasteiger partial charge in [-0.05, 0) is 59.4 Å². The van der Waals surface area contributed by atoms with E-state index in [4.69, 9.17) is 14.7 Å². The second kappa shape index (κ2) is 9.40. The summed E-state index contributed by atoms with van der Waals surface area (Å²) in [7, 11) is 1.88. The highest BCUT2D eigenvalue weighted by molar-refractivity contribution is 5.82. The van der Waals surface area contributed by atoms with Crippen LogP contribution in [0.15, 0.2) is 18.3 Å². The van der Waals surface area contributed by atoms with E-state index in [1.54, 1.807) is 25.3 Å². The van der Waals surface area contributed by atoms with Gasteiger partial charge in [-0.3, -0.25) is 9.78 Å². The van der Waals surface area contributed by atoms with Crippen molar-refractivity contribution in [2.45, 2.75) is 71.4 Å². The summed E-state index contributed by atoms with van der Waals surface area (Å²) < 4.78 is 5.78. The van der Waals surface area contributed by atoms with Crippen LogP contribution in [-0.4, -0.2) is 57.3 Å². The van der Waals surface area contributed by atoms with Gasteiger partial charge in [0.25, 0.3) is 0 Å². The van der Waals surface area contributed by atoms with E-state index in [0.29, 0.717) is 23.7 Å². The van der Waals surface area contributed by atoms with Crippen LogP contribution in [0.2, 0.25) is 0 Å². The maximum absolute atomic E-state index is 12.5. The zero-order valence-corrected chi connectivity index (χ0v) is 20.0. The number of fused-ring (bicyclic) bond motifs is 1. The number of rotatable bonds is 8. The Bertz CT molecular complexity index is 969. The van der Waals surface area contributed by atoms with Crippen molar-refractivity contribution in [1.82, 2.24) is 20.3 Å². The van der Waals surface area contributed by atoms with Gasteiger partial charge in [0.05, 0.1) is 12.1 Å². The maximum Gasteiger partial charge on any atom is 0.239 e. The van der Waals surface area contributed by atoms with Crippen molar-refractivity contribution in [3.8, 4) is 17.3 Å². The fourth-order valence-electron chi connectivity index (χ4n) is 3.56. The summed E-state index contributed by atoms with van der Waals surface area (Å²) >= 11 is 0. The molecule has 32 heavy (non-hydrogen) atoms. The van der Waals surface area contributed by atoms with Crippen LogP contribution in [0.3, 0.4) is 0 Å². The van der Waals surface area contributed by atoms with E-state index in [1.165, 1.54) is 0 Å². The molecule has 2 heterocycles. The summed E-state index contributed by atoms with van der Waals surface area (Å²) in [5.74, 6) is 1.83. The summed E-state index contributed by atoms with van der Waals surface area (Å²) in [6.45, 7) is 9.96. The summed E-state index contributed by atoms with van der Waals surface area (Å²) in [6, 6.07) is 3.55. The fourth-order valence-corrected chi connectivity index (χ4v) is 3.56. The zero-order chi connectivity index (χ0) is 23.5. The molecule has 2 aromatic heterocycles. The number of nitrogens with zero attached hydrogens (tertiary/aromatic N) is 4. The Morgan fingerprint density at radius 3 is 2.69 bits per heavy atom. The molecule has 0 saturated heterocycles. The molecule has 2 aromatic rings. The molecule has 0 aromatic carbocycles. The SMILES string of the molecule is CC[C@@](C)(O)COc1ccnc(-c2nc3c(c(N(C)CC(=O)NC(C)(C)C)n2)CCC3)c1. The monoisotopic (exact) mass is 441 g/mol. The number of aliphatic hydroxyl groups is 1. The number of ether oxygens (including phenoxy) is 1. The first-order valence-electron chi connectivity index (χ1n) is 11.2. The molecule has 0 unspecified atom stereocenters. The van der Waals surface area contributed by atoms with E-state index in [-0.39, 0.29) is 24.6 Å². The number of aryl methyl sites for hydroxylation is 1. The van der Waals surface area contributed by atoms with E-state index in [2.05, 4.69) is 10.3 Å². The van der Waals surface area contributed by atoms with E-state index in [9.17, 15) is 9.90 Å². The molecule has 0 aliphatic heterocycles. The largest absolute Gasteiger partial charge is 0.490 e. The first-order chi connectivity index (χ1) is 15.0. The summed E-state index contributed by atoms with van der Waals surface area (Å²) in [5.41, 5.74) is 1.53. The molecule has 1 amide bonds. The lowest BCUT2D eigenvalue weighted by Gasteiger charge is -2.25. The van der Waals surface area contributed by atoms with Gasteiger partial charge < -0.3 is 20.1 Å². The topological polar surface area (TPSA) is 100 Å². The van der Waals surface area contributed by atoms with Gasteiger partial charge in [-0.15, -0.1) is 0 Å². The summed E-state index contributed by atoms with van der Waals surface area (Å²) in [4.78, 5) is 28.4. The molecule has 0 spiro atoms. The number of carbonyl (C=O) groups is 1. The van der Waals surface area contributed by atoms with Crippen LogP contribution in [0.4, 0.5) is 5.82 Å². The summed E-state index contributed by atoms with van der Waals surface area (Å²) in [6.07, 6.45) is 5.05. The maximum atomic E-state index is 12.5. The van der Waals surface area contributed by atoms with Gasteiger partial charge in [-0.1, -0.05) is 6.92 Å². The van der Waals surface area contributed by atoms with Crippen molar-refractivity contribution in [3.63, 3.8) is 0 Å².